The fraction of sp³-hybridized carbons (Fsp3) is 0.636. The Morgan fingerprint density at radius 2 is 2.21 bits per heavy atom. The smallest absolute Gasteiger partial charge is 0.0725 e. The standard InChI is InChI=1S/C11H17N3/c1-11(2)4-3-9-10(5-11)14-8(6-12)7-13-9/h7H,3-6,12H2,1-2H3. The molecule has 1 aliphatic carbocycles. The number of hydrogen-bond donors (Lipinski definition) is 1. The van der Waals surface area contributed by atoms with E-state index in [1.54, 1.807) is 6.20 Å². The van der Waals surface area contributed by atoms with Crippen molar-refractivity contribution in [3.8, 4) is 0 Å². The molecule has 0 aliphatic heterocycles. The molecule has 1 aromatic heterocycles. The third-order valence-corrected chi connectivity index (χ3v) is 2.87. The number of hydrogen-bond acceptors (Lipinski definition) is 3. The number of fused-ring (bicyclic) bond motifs is 1. The lowest BCUT2D eigenvalue weighted by molar-refractivity contribution is 0.307. The Balaban J connectivity index is 2.34. The summed E-state index contributed by atoms with van der Waals surface area (Å²) in [6, 6.07) is 0. The molecule has 2 N–H and O–H groups in total. The summed E-state index contributed by atoms with van der Waals surface area (Å²) in [6.07, 6.45) is 5.09. The summed E-state index contributed by atoms with van der Waals surface area (Å²) in [4.78, 5) is 8.95. The number of aromatic nitrogens is 2. The van der Waals surface area contributed by atoms with Gasteiger partial charge in [0.25, 0.3) is 0 Å². The van der Waals surface area contributed by atoms with Gasteiger partial charge in [0.2, 0.25) is 0 Å². The molecule has 0 saturated heterocycles. The van der Waals surface area contributed by atoms with Crippen molar-refractivity contribution in [2.75, 3.05) is 0 Å². The topological polar surface area (TPSA) is 51.8 Å². The molecule has 76 valence electrons. The first kappa shape index (κ1) is 9.59. The fourth-order valence-electron chi connectivity index (χ4n) is 1.94. The van der Waals surface area contributed by atoms with Crippen LogP contribution < -0.4 is 5.73 Å². The fourth-order valence-corrected chi connectivity index (χ4v) is 1.94. The molecule has 1 aromatic rings. The summed E-state index contributed by atoms with van der Waals surface area (Å²) in [5, 5.41) is 0. The summed E-state index contributed by atoms with van der Waals surface area (Å²) in [6.45, 7) is 5.06. The first-order valence-corrected chi connectivity index (χ1v) is 5.14. The van der Waals surface area contributed by atoms with E-state index in [0.717, 1.165) is 24.2 Å². The molecule has 3 heteroatoms. The molecule has 0 saturated carbocycles. The van der Waals surface area contributed by atoms with Crippen molar-refractivity contribution < 1.29 is 0 Å². The first-order valence-electron chi connectivity index (χ1n) is 5.14. The van der Waals surface area contributed by atoms with E-state index < -0.39 is 0 Å². The predicted molar refractivity (Wildman–Crippen MR) is 55.7 cm³/mol. The minimum Gasteiger partial charge on any atom is -0.325 e. The van der Waals surface area contributed by atoms with Crippen molar-refractivity contribution in [1.82, 2.24) is 9.97 Å². The molecule has 0 fully saturated rings. The summed E-state index contributed by atoms with van der Waals surface area (Å²) < 4.78 is 0. The van der Waals surface area contributed by atoms with Crippen LogP contribution in [0, 0.1) is 5.41 Å². The molecule has 0 amide bonds. The van der Waals surface area contributed by atoms with Gasteiger partial charge in [-0.05, 0) is 24.7 Å². The van der Waals surface area contributed by atoms with Crippen molar-refractivity contribution in [1.29, 1.82) is 0 Å². The summed E-state index contributed by atoms with van der Waals surface area (Å²) in [5.74, 6) is 0. The van der Waals surface area contributed by atoms with E-state index in [9.17, 15) is 0 Å². The van der Waals surface area contributed by atoms with Crippen molar-refractivity contribution in [3.63, 3.8) is 0 Å². The van der Waals surface area contributed by atoms with E-state index in [1.807, 2.05) is 0 Å². The Bertz CT molecular complexity index is 344. The molecule has 3 nitrogen and oxygen atoms in total. The summed E-state index contributed by atoms with van der Waals surface area (Å²) in [5.41, 5.74) is 9.15. The van der Waals surface area contributed by atoms with Gasteiger partial charge in [0.15, 0.2) is 0 Å². The van der Waals surface area contributed by atoms with E-state index in [1.165, 1.54) is 12.1 Å². The third kappa shape index (κ3) is 1.77. The molecule has 1 heterocycles. The van der Waals surface area contributed by atoms with Gasteiger partial charge < -0.3 is 5.73 Å². The van der Waals surface area contributed by atoms with Crippen molar-refractivity contribution in [3.05, 3.63) is 23.3 Å². The summed E-state index contributed by atoms with van der Waals surface area (Å²) >= 11 is 0. The molecule has 0 atom stereocenters. The first-order chi connectivity index (χ1) is 6.61. The maximum atomic E-state index is 5.55. The molecule has 0 aromatic carbocycles. The van der Waals surface area contributed by atoms with E-state index >= 15 is 0 Å². The van der Waals surface area contributed by atoms with E-state index in [4.69, 9.17) is 5.73 Å². The molecular weight excluding hydrogens is 174 g/mol. The highest BCUT2D eigenvalue weighted by molar-refractivity contribution is 5.19. The SMILES string of the molecule is CC1(C)CCc2ncc(CN)nc2C1. The Labute approximate surface area is 84.8 Å². The van der Waals surface area contributed by atoms with Crippen LogP contribution in [0.25, 0.3) is 0 Å². The zero-order valence-electron chi connectivity index (χ0n) is 8.88. The zero-order chi connectivity index (χ0) is 10.2. The van der Waals surface area contributed by atoms with Gasteiger partial charge in [-0.15, -0.1) is 0 Å². The monoisotopic (exact) mass is 191 g/mol. The number of aryl methyl sites for hydroxylation is 1. The Kier molecular flexibility index (Phi) is 2.27. The Hall–Kier alpha value is -0.960. The molecule has 0 bridgehead atoms. The Morgan fingerprint density at radius 3 is 2.93 bits per heavy atom. The lowest BCUT2D eigenvalue weighted by atomic mass is 9.78. The van der Waals surface area contributed by atoms with Gasteiger partial charge in [0, 0.05) is 6.54 Å². The van der Waals surface area contributed by atoms with Gasteiger partial charge in [-0.1, -0.05) is 13.8 Å². The molecule has 0 spiro atoms. The molecule has 2 rings (SSSR count). The molecule has 14 heavy (non-hydrogen) atoms. The zero-order valence-corrected chi connectivity index (χ0v) is 8.88. The lowest BCUT2D eigenvalue weighted by Crippen LogP contribution is -2.24. The number of rotatable bonds is 1. The second-order valence-electron chi connectivity index (χ2n) is 4.80. The van der Waals surface area contributed by atoms with Crippen LogP contribution in [0.15, 0.2) is 6.20 Å². The van der Waals surface area contributed by atoms with Crippen LogP contribution in [0.2, 0.25) is 0 Å². The number of nitrogens with zero attached hydrogens (tertiary/aromatic N) is 2. The normalized spacial score (nSPS) is 19.1. The highest BCUT2D eigenvalue weighted by atomic mass is 14.8. The van der Waals surface area contributed by atoms with Crippen molar-refractivity contribution >= 4 is 0 Å². The van der Waals surface area contributed by atoms with E-state index in [0.29, 0.717) is 12.0 Å². The largest absolute Gasteiger partial charge is 0.325 e. The van der Waals surface area contributed by atoms with Crippen molar-refractivity contribution in [2.24, 2.45) is 11.1 Å². The van der Waals surface area contributed by atoms with Gasteiger partial charge in [-0.2, -0.15) is 0 Å². The average molecular weight is 191 g/mol. The predicted octanol–water partition coefficient (Wildman–Crippen LogP) is 1.45. The van der Waals surface area contributed by atoms with Crippen LogP contribution >= 0.6 is 0 Å². The van der Waals surface area contributed by atoms with Crippen molar-refractivity contribution in [2.45, 2.75) is 39.7 Å². The average Bonchev–Trinajstić information content (AvgIpc) is 2.15. The molecule has 0 radical (unpaired) electrons. The highest BCUT2D eigenvalue weighted by Gasteiger charge is 2.26. The molecular formula is C11H17N3. The third-order valence-electron chi connectivity index (χ3n) is 2.87. The van der Waals surface area contributed by atoms with Crippen LogP contribution in [0.1, 0.15) is 37.4 Å². The minimum absolute atomic E-state index is 0.370. The van der Waals surface area contributed by atoms with Gasteiger partial charge in [0.05, 0.1) is 23.3 Å². The lowest BCUT2D eigenvalue weighted by Gasteiger charge is -2.29. The maximum Gasteiger partial charge on any atom is 0.0725 e. The maximum absolute atomic E-state index is 5.55. The number of nitrogens with two attached hydrogens (primary N) is 1. The van der Waals surface area contributed by atoms with Gasteiger partial charge in [-0.25, -0.2) is 0 Å². The van der Waals surface area contributed by atoms with Crippen LogP contribution in [0.5, 0.6) is 0 Å². The van der Waals surface area contributed by atoms with Gasteiger partial charge >= 0.3 is 0 Å². The van der Waals surface area contributed by atoms with E-state index in [2.05, 4.69) is 23.8 Å². The Morgan fingerprint density at radius 1 is 1.43 bits per heavy atom. The van der Waals surface area contributed by atoms with E-state index in [-0.39, 0.29) is 0 Å². The second kappa shape index (κ2) is 3.31. The van der Waals surface area contributed by atoms with Gasteiger partial charge in [-0.3, -0.25) is 9.97 Å². The summed E-state index contributed by atoms with van der Waals surface area (Å²) in [7, 11) is 0. The minimum atomic E-state index is 0.370. The van der Waals surface area contributed by atoms with Crippen LogP contribution in [0.4, 0.5) is 0 Å². The second-order valence-corrected chi connectivity index (χ2v) is 4.80. The molecule has 1 aliphatic rings. The van der Waals surface area contributed by atoms with Crippen LogP contribution in [-0.2, 0) is 19.4 Å². The van der Waals surface area contributed by atoms with Crippen LogP contribution in [-0.4, -0.2) is 9.97 Å². The quantitative estimate of drug-likeness (QED) is 0.731. The van der Waals surface area contributed by atoms with Crippen LogP contribution in [0.3, 0.4) is 0 Å². The van der Waals surface area contributed by atoms with Gasteiger partial charge in [0.1, 0.15) is 0 Å². The highest BCUT2D eigenvalue weighted by Crippen LogP contribution is 2.32. The molecule has 0 unspecified atom stereocenters.